The molecule has 2 heteroatoms. The minimum absolute atomic E-state index is 0.477. The summed E-state index contributed by atoms with van der Waals surface area (Å²) in [5, 5.41) is 0. The van der Waals surface area contributed by atoms with Gasteiger partial charge in [0.2, 0.25) is 0 Å². The Bertz CT molecular complexity index is 722. The molecule has 30 heavy (non-hydrogen) atoms. The van der Waals surface area contributed by atoms with Crippen LogP contribution in [0.3, 0.4) is 0 Å². The summed E-state index contributed by atoms with van der Waals surface area (Å²) >= 11 is 0. The van der Waals surface area contributed by atoms with Crippen LogP contribution in [-0.2, 0) is 6.42 Å². The van der Waals surface area contributed by atoms with Gasteiger partial charge in [0, 0.05) is 5.56 Å². The summed E-state index contributed by atoms with van der Waals surface area (Å²) in [7, 11) is 0. The Kier molecular flexibility index (Phi) is 9.15. The molecule has 0 amide bonds. The Balaban J connectivity index is 1.51. The molecule has 0 radical (unpaired) electrons. The minimum atomic E-state index is -0.647. The van der Waals surface area contributed by atoms with Gasteiger partial charge in [0.25, 0.3) is 0 Å². The molecule has 166 valence electrons. The molecule has 3 rings (SSSR count). The molecule has 1 unspecified atom stereocenters. The molecule has 2 aliphatic carbocycles. The lowest BCUT2D eigenvalue weighted by Crippen LogP contribution is -2.12. The average Bonchev–Trinajstić information content (AvgIpc) is 2.76. The Morgan fingerprint density at radius 3 is 2.30 bits per heavy atom. The summed E-state index contributed by atoms with van der Waals surface area (Å²) in [4.78, 5) is 0. The van der Waals surface area contributed by atoms with Crippen LogP contribution in [0.15, 0.2) is 30.4 Å². The van der Waals surface area contributed by atoms with Crippen LogP contribution in [0.25, 0.3) is 5.57 Å². The zero-order valence-corrected chi connectivity index (χ0v) is 19.1. The lowest BCUT2D eigenvalue weighted by Gasteiger charge is -2.26. The van der Waals surface area contributed by atoms with E-state index in [9.17, 15) is 8.78 Å². The van der Waals surface area contributed by atoms with Crippen molar-refractivity contribution in [2.75, 3.05) is 0 Å². The van der Waals surface area contributed by atoms with Crippen LogP contribution in [-0.4, -0.2) is 0 Å². The van der Waals surface area contributed by atoms with Crippen molar-refractivity contribution in [3.63, 3.8) is 0 Å². The van der Waals surface area contributed by atoms with E-state index in [-0.39, 0.29) is 0 Å². The van der Waals surface area contributed by atoms with E-state index in [2.05, 4.69) is 32.1 Å². The van der Waals surface area contributed by atoms with Crippen LogP contribution in [0, 0.1) is 29.4 Å². The number of hydrogen-bond acceptors (Lipinski definition) is 0. The molecule has 0 aromatic heterocycles. The third-order valence-corrected chi connectivity index (χ3v) is 7.30. The van der Waals surface area contributed by atoms with Crippen LogP contribution in [0.2, 0.25) is 0 Å². The molecule has 1 fully saturated rings. The number of rotatable bonds is 9. The lowest BCUT2D eigenvalue weighted by atomic mass is 9.80. The van der Waals surface area contributed by atoms with Gasteiger partial charge in [-0.3, -0.25) is 0 Å². The summed E-state index contributed by atoms with van der Waals surface area (Å²) < 4.78 is 29.4. The van der Waals surface area contributed by atoms with Crippen molar-refractivity contribution in [3.8, 4) is 0 Å². The maximum atomic E-state index is 14.8. The number of halogens is 2. The minimum Gasteiger partial charge on any atom is -0.203 e. The van der Waals surface area contributed by atoms with Crippen LogP contribution in [0.4, 0.5) is 8.78 Å². The van der Waals surface area contributed by atoms with Gasteiger partial charge in [-0.15, -0.1) is 0 Å². The van der Waals surface area contributed by atoms with Crippen molar-refractivity contribution in [2.24, 2.45) is 17.8 Å². The fourth-order valence-electron chi connectivity index (χ4n) is 5.44. The second-order valence-electron chi connectivity index (χ2n) is 9.59. The molecule has 1 aromatic carbocycles. The monoisotopic (exact) mass is 414 g/mol. The number of benzene rings is 1. The first-order valence-corrected chi connectivity index (χ1v) is 12.4. The topological polar surface area (TPSA) is 0 Å². The van der Waals surface area contributed by atoms with Crippen molar-refractivity contribution in [1.82, 2.24) is 0 Å². The van der Waals surface area contributed by atoms with Gasteiger partial charge in [-0.2, -0.15) is 0 Å². The van der Waals surface area contributed by atoms with E-state index in [0.717, 1.165) is 37.2 Å². The zero-order valence-electron chi connectivity index (χ0n) is 19.1. The molecule has 0 bridgehead atoms. The molecule has 1 aromatic rings. The maximum absolute atomic E-state index is 14.8. The van der Waals surface area contributed by atoms with Crippen LogP contribution >= 0.6 is 0 Å². The molecule has 1 atom stereocenters. The van der Waals surface area contributed by atoms with Crippen LogP contribution in [0.5, 0.6) is 0 Å². The lowest BCUT2D eigenvalue weighted by molar-refractivity contribution is 0.294. The molecule has 0 nitrogen and oxygen atoms in total. The zero-order chi connectivity index (χ0) is 21.3. The fourth-order valence-corrected chi connectivity index (χ4v) is 5.44. The predicted molar refractivity (Wildman–Crippen MR) is 124 cm³/mol. The second-order valence-corrected chi connectivity index (χ2v) is 9.59. The number of hydrogen-bond donors (Lipinski definition) is 0. The smallest absolute Gasteiger partial charge is 0.166 e. The Morgan fingerprint density at radius 1 is 0.900 bits per heavy atom. The third-order valence-electron chi connectivity index (χ3n) is 7.30. The Morgan fingerprint density at radius 2 is 1.63 bits per heavy atom. The molecule has 0 aliphatic heterocycles. The first-order valence-electron chi connectivity index (χ1n) is 12.4. The van der Waals surface area contributed by atoms with Crippen molar-refractivity contribution in [2.45, 2.75) is 97.3 Å². The highest BCUT2D eigenvalue weighted by atomic mass is 19.2. The first-order chi connectivity index (χ1) is 14.6. The highest BCUT2D eigenvalue weighted by Crippen LogP contribution is 2.35. The molecule has 0 saturated heterocycles. The Labute approximate surface area is 182 Å². The van der Waals surface area contributed by atoms with Crippen molar-refractivity contribution < 1.29 is 8.78 Å². The molecule has 2 aliphatic rings. The standard InChI is InChI=1S/C28H40F2/c1-3-7-21-11-13-23(14-12-21)9-5-6-10-25-19-20-26(28(30)27(25)29)24-17-15-22(8-4-2)16-18-24/h5,9,17,19-23H,3-4,6-8,10-16,18H2,1-2H3/b9-5+. The van der Waals surface area contributed by atoms with Gasteiger partial charge in [-0.25, -0.2) is 8.78 Å². The van der Waals surface area contributed by atoms with Crippen molar-refractivity contribution in [1.29, 1.82) is 0 Å². The van der Waals surface area contributed by atoms with E-state index in [4.69, 9.17) is 0 Å². The van der Waals surface area contributed by atoms with Gasteiger partial charge in [-0.05, 0) is 86.7 Å². The van der Waals surface area contributed by atoms with Crippen LogP contribution in [0.1, 0.15) is 102 Å². The van der Waals surface area contributed by atoms with Crippen LogP contribution < -0.4 is 0 Å². The molecular weight excluding hydrogens is 374 g/mol. The summed E-state index contributed by atoms with van der Waals surface area (Å²) in [5.41, 5.74) is 1.97. The quantitative estimate of drug-likeness (QED) is 0.353. The van der Waals surface area contributed by atoms with E-state index >= 15 is 0 Å². The first kappa shape index (κ1) is 23.2. The van der Waals surface area contributed by atoms with Gasteiger partial charge >= 0.3 is 0 Å². The van der Waals surface area contributed by atoms with Gasteiger partial charge in [0.15, 0.2) is 11.6 Å². The summed E-state index contributed by atoms with van der Waals surface area (Å²) in [5.74, 6) is 1.02. The highest BCUT2D eigenvalue weighted by molar-refractivity contribution is 5.67. The molecule has 0 heterocycles. The maximum Gasteiger partial charge on any atom is 0.166 e. The van der Waals surface area contributed by atoms with E-state index in [1.807, 2.05) is 0 Å². The third kappa shape index (κ3) is 6.28. The Hall–Kier alpha value is -1.44. The average molecular weight is 415 g/mol. The van der Waals surface area contributed by atoms with Crippen molar-refractivity contribution in [3.05, 3.63) is 53.1 Å². The van der Waals surface area contributed by atoms with Gasteiger partial charge in [0.05, 0.1) is 0 Å². The summed E-state index contributed by atoms with van der Waals surface area (Å²) in [6.07, 6.45) is 21.3. The van der Waals surface area contributed by atoms with E-state index in [1.165, 1.54) is 51.4 Å². The molecule has 1 saturated carbocycles. The van der Waals surface area contributed by atoms with E-state index < -0.39 is 11.6 Å². The summed E-state index contributed by atoms with van der Waals surface area (Å²) in [6.45, 7) is 4.48. The summed E-state index contributed by atoms with van der Waals surface area (Å²) in [6, 6.07) is 3.61. The van der Waals surface area contributed by atoms with E-state index in [1.54, 1.807) is 12.1 Å². The number of aryl methyl sites for hydroxylation is 1. The SMILES string of the molecule is CCCC1CC=C(c2ccc(CC/C=C/C3CCC(CCC)CC3)c(F)c2F)CC1. The van der Waals surface area contributed by atoms with Crippen molar-refractivity contribution >= 4 is 5.57 Å². The molecule has 0 spiro atoms. The molecule has 0 N–H and O–H groups in total. The largest absolute Gasteiger partial charge is 0.203 e. The normalized spacial score (nSPS) is 24.9. The fraction of sp³-hybridized carbons (Fsp3) is 0.643. The number of allylic oxidation sites excluding steroid dienone is 4. The highest BCUT2D eigenvalue weighted by Gasteiger charge is 2.21. The predicted octanol–water partition coefficient (Wildman–Crippen LogP) is 9.04. The second kappa shape index (κ2) is 11.8. The van der Waals surface area contributed by atoms with Gasteiger partial charge in [0.1, 0.15) is 0 Å². The van der Waals surface area contributed by atoms with Gasteiger partial charge < -0.3 is 0 Å². The van der Waals surface area contributed by atoms with E-state index in [0.29, 0.717) is 29.4 Å². The molecular formula is C28H40F2. The van der Waals surface area contributed by atoms with Gasteiger partial charge in [-0.1, -0.05) is 69.9 Å².